The van der Waals surface area contributed by atoms with Gasteiger partial charge >= 0.3 is 0 Å². The Morgan fingerprint density at radius 2 is 1.59 bits per heavy atom. The molecule has 0 aliphatic carbocycles. The van der Waals surface area contributed by atoms with E-state index in [0.717, 1.165) is 22.4 Å². The molecule has 0 aromatic heterocycles. The average molecular weight is 419 g/mol. The van der Waals surface area contributed by atoms with Crippen molar-refractivity contribution < 1.29 is 19.1 Å². The average Bonchev–Trinajstić information content (AvgIpc) is 2.69. The minimum Gasteiger partial charge on any atom is -0.483 e. The van der Waals surface area contributed by atoms with Crippen molar-refractivity contribution in [3.63, 3.8) is 0 Å². The van der Waals surface area contributed by atoms with Crippen LogP contribution >= 0.6 is 11.6 Å². The van der Waals surface area contributed by atoms with Crippen molar-refractivity contribution in [1.82, 2.24) is 10.6 Å². The third-order valence-corrected chi connectivity index (χ3v) is 4.72. The highest BCUT2D eigenvalue weighted by molar-refractivity contribution is 6.30. The summed E-state index contributed by atoms with van der Waals surface area (Å²) in [6, 6.07) is 10.8. The molecule has 0 heterocycles. The third kappa shape index (κ3) is 6.98. The second kappa shape index (κ2) is 10.7. The molecule has 156 valence electrons. The zero-order valence-electron chi connectivity index (χ0n) is 17.2. The molecule has 2 aromatic rings. The van der Waals surface area contributed by atoms with Gasteiger partial charge < -0.3 is 20.1 Å². The van der Waals surface area contributed by atoms with Gasteiger partial charge in [0.05, 0.1) is 0 Å². The molecule has 29 heavy (non-hydrogen) atoms. The Bertz CT molecular complexity index is 853. The van der Waals surface area contributed by atoms with Crippen LogP contribution in [0.1, 0.15) is 23.6 Å². The van der Waals surface area contributed by atoms with Crippen molar-refractivity contribution in [2.45, 2.75) is 33.8 Å². The summed E-state index contributed by atoms with van der Waals surface area (Å²) in [6.45, 7) is 8.09. The summed E-state index contributed by atoms with van der Waals surface area (Å²) in [4.78, 5) is 24.1. The molecule has 1 unspecified atom stereocenters. The molecule has 0 bridgehead atoms. The van der Waals surface area contributed by atoms with Gasteiger partial charge in [0.2, 0.25) is 0 Å². The van der Waals surface area contributed by atoms with Crippen molar-refractivity contribution in [2.24, 2.45) is 0 Å². The van der Waals surface area contributed by atoms with Crippen molar-refractivity contribution in [1.29, 1.82) is 0 Å². The first-order chi connectivity index (χ1) is 13.8. The number of carbonyl (C=O) groups excluding carboxylic acids is 2. The molecule has 0 saturated carbocycles. The first-order valence-electron chi connectivity index (χ1n) is 9.44. The van der Waals surface area contributed by atoms with E-state index in [2.05, 4.69) is 10.6 Å². The molecule has 2 rings (SSSR count). The highest BCUT2D eigenvalue weighted by Gasteiger charge is 2.14. The smallest absolute Gasteiger partial charge is 0.260 e. The van der Waals surface area contributed by atoms with Gasteiger partial charge in [-0.15, -0.1) is 0 Å². The van der Waals surface area contributed by atoms with Gasteiger partial charge in [-0.05, 0) is 68.7 Å². The summed E-state index contributed by atoms with van der Waals surface area (Å²) in [5.41, 5.74) is 3.13. The lowest BCUT2D eigenvalue weighted by molar-refractivity contribution is -0.127. The Hall–Kier alpha value is -2.73. The fourth-order valence-electron chi connectivity index (χ4n) is 2.64. The number of ether oxygens (including phenoxy) is 2. The van der Waals surface area contributed by atoms with Crippen LogP contribution in [0, 0.1) is 20.8 Å². The zero-order valence-corrected chi connectivity index (χ0v) is 17.9. The summed E-state index contributed by atoms with van der Waals surface area (Å²) in [6.07, 6.45) is -0.664. The van der Waals surface area contributed by atoms with Crippen LogP contribution in [0.3, 0.4) is 0 Å². The van der Waals surface area contributed by atoms with E-state index in [0.29, 0.717) is 23.9 Å². The molecule has 0 radical (unpaired) electrons. The molecule has 0 saturated heterocycles. The van der Waals surface area contributed by atoms with Crippen LogP contribution in [-0.2, 0) is 9.59 Å². The highest BCUT2D eigenvalue weighted by atomic mass is 35.5. The second-order valence-electron chi connectivity index (χ2n) is 6.80. The fraction of sp³-hybridized carbons (Fsp3) is 0.364. The normalized spacial score (nSPS) is 11.5. The quantitative estimate of drug-likeness (QED) is 0.612. The third-order valence-electron chi connectivity index (χ3n) is 4.46. The Morgan fingerprint density at radius 3 is 2.28 bits per heavy atom. The summed E-state index contributed by atoms with van der Waals surface area (Å²) < 4.78 is 11.2. The van der Waals surface area contributed by atoms with Crippen molar-refractivity contribution in [3.05, 3.63) is 58.1 Å². The Labute approximate surface area is 176 Å². The van der Waals surface area contributed by atoms with E-state index in [1.165, 1.54) is 0 Å². The second-order valence-corrected chi connectivity index (χ2v) is 7.23. The summed E-state index contributed by atoms with van der Waals surface area (Å²) in [7, 11) is 0. The molecule has 7 heteroatoms. The Morgan fingerprint density at radius 1 is 0.966 bits per heavy atom. The number of benzene rings is 2. The van der Waals surface area contributed by atoms with E-state index < -0.39 is 6.10 Å². The van der Waals surface area contributed by atoms with Crippen LogP contribution < -0.4 is 20.1 Å². The van der Waals surface area contributed by atoms with Crippen LogP contribution in [-0.4, -0.2) is 37.6 Å². The van der Waals surface area contributed by atoms with E-state index in [4.69, 9.17) is 21.1 Å². The topological polar surface area (TPSA) is 76.7 Å². The van der Waals surface area contributed by atoms with E-state index in [9.17, 15) is 9.59 Å². The lowest BCUT2D eigenvalue weighted by Gasteiger charge is -2.15. The van der Waals surface area contributed by atoms with Crippen LogP contribution in [0.15, 0.2) is 36.4 Å². The summed E-state index contributed by atoms with van der Waals surface area (Å²) >= 11 is 5.82. The highest BCUT2D eigenvalue weighted by Crippen LogP contribution is 2.25. The molecule has 1 atom stereocenters. The van der Waals surface area contributed by atoms with Gasteiger partial charge in [-0.1, -0.05) is 23.7 Å². The predicted octanol–water partition coefficient (Wildman–Crippen LogP) is 3.34. The van der Waals surface area contributed by atoms with Gasteiger partial charge in [-0.2, -0.15) is 0 Å². The van der Waals surface area contributed by atoms with Gasteiger partial charge in [0, 0.05) is 18.1 Å². The minimum atomic E-state index is -0.664. The standard InChI is InChI=1S/C22H27ClN2O4/c1-14-5-6-15(2)21(16(14)3)28-13-20(26)24-11-12-25-22(27)17(4)29-19-9-7-18(23)8-10-19/h5-10,17H,11-13H2,1-4H3,(H,24,26)(H,25,27). The molecule has 2 amide bonds. The molecular formula is C22H27ClN2O4. The first kappa shape index (κ1) is 22.6. The van der Waals surface area contributed by atoms with E-state index in [1.54, 1.807) is 31.2 Å². The number of amides is 2. The van der Waals surface area contributed by atoms with E-state index in [-0.39, 0.29) is 18.4 Å². The Balaban J connectivity index is 1.67. The maximum atomic E-state index is 12.1. The molecule has 2 aromatic carbocycles. The lowest BCUT2D eigenvalue weighted by atomic mass is 10.1. The van der Waals surface area contributed by atoms with Gasteiger partial charge in [0.25, 0.3) is 11.8 Å². The van der Waals surface area contributed by atoms with Crippen molar-refractivity contribution in [2.75, 3.05) is 19.7 Å². The Kier molecular flexibility index (Phi) is 8.34. The first-order valence-corrected chi connectivity index (χ1v) is 9.82. The number of hydrogen-bond acceptors (Lipinski definition) is 4. The van der Waals surface area contributed by atoms with Crippen LogP contribution in [0.5, 0.6) is 11.5 Å². The molecule has 0 aliphatic rings. The molecule has 0 spiro atoms. The van der Waals surface area contributed by atoms with E-state index in [1.807, 2.05) is 32.9 Å². The minimum absolute atomic E-state index is 0.0742. The summed E-state index contributed by atoms with van der Waals surface area (Å²) in [5, 5.41) is 6.04. The molecule has 2 N–H and O–H groups in total. The number of halogens is 1. The SMILES string of the molecule is Cc1ccc(C)c(OCC(=O)NCCNC(=O)C(C)Oc2ccc(Cl)cc2)c1C. The number of aryl methyl sites for hydroxylation is 2. The van der Waals surface area contributed by atoms with Gasteiger partial charge in [0.15, 0.2) is 12.7 Å². The predicted molar refractivity (Wildman–Crippen MR) is 114 cm³/mol. The fourth-order valence-corrected chi connectivity index (χ4v) is 2.76. The molecule has 6 nitrogen and oxygen atoms in total. The molecular weight excluding hydrogens is 392 g/mol. The monoisotopic (exact) mass is 418 g/mol. The van der Waals surface area contributed by atoms with Gasteiger partial charge in [-0.3, -0.25) is 9.59 Å². The largest absolute Gasteiger partial charge is 0.483 e. The van der Waals surface area contributed by atoms with Crippen molar-refractivity contribution >= 4 is 23.4 Å². The molecule has 0 fully saturated rings. The lowest BCUT2D eigenvalue weighted by Crippen LogP contribution is -2.41. The van der Waals surface area contributed by atoms with Crippen LogP contribution in [0.4, 0.5) is 0 Å². The number of hydrogen-bond donors (Lipinski definition) is 2. The van der Waals surface area contributed by atoms with Crippen LogP contribution in [0.2, 0.25) is 5.02 Å². The number of nitrogens with one attached hydrogen (secondary N) is 2. The maximum absolute atomic E-state index is 12.1. The number of rotatable bonds is 9. The molecule has 0 aliphatic heterocycles. The summed E-state index contributed by atoms with van der Waals surface area (Å²) in [5.74, 6) is 0.785. The van der Waals surface area contributed by atoms with Crippen molar-refractivity contribution in [3.8, 4) is 11.5 Å². The van der Waals surface area contributed by atoms with E-state index >= 15 is 0 Å². The van der Waals surface area contributed by atoms with Gasteiger partial charge in [0.1, 0.15) is 11.5 Å². The maximum Gasteiger partial charge on any atom is 0.260 e. The zero-order chi connectivity index (χ0) is 21.4. The van der Waals surface area contributed by atoms with Gasteiger partial charge in [-0.25, -0.2) is 0 Å². The van der Waals surface area contributed by atoms with Crippen LogP contribution in [0.25, 0.3) is 0 Å². The number of carbonyl (C=O) groups is 2.